The summed E-state index contributed by atoms with van der Waals surface area (Å²) in [4.78, 5) is 22.0. The molecule has 1 fully saturated rings. The Hall–Kier alpha value is -1.85. The molecule has 1 heterocycles. The number of nitrogens with zero attached hydrogens (tertiary/aromatic N) is 2. The molecule has 1 amide bonds. The molecule has 0 aromatic carbocycles. The topological polar surface area (TPSA) is 84.2 Å². The van der Waals surface area contributed by atoms with Gasteiger partial charge in [0.2, 0.25) is 5.91 Å². The molecule has 86 valence electrons. The second kappa shape index (κ2) is 4.34. The molecule has 1 saturated carbocycles. The lowest BCUT2D eigenvalue weighted by Gasteiger charge is -2.23. The van der Waals surface area contributed by atoms with Crippen molar-refractivity contribution in [1.29, 1.82) is 0 Å². The molecule has 1 aromatic rings. The van der Waals surface area contributed by atoms with Crippen molar-refractivity contribution in [2.24, 2.45) is 5.92 Å². The lowest BCUT2D eigenvalue weighted by atomic mass is 9.85. The van der Waals surface area contributed by atoms with Gasteiger partial charge in [0.25, 0.3) is 0 Å². The fourth-order valence-corrected chi connectivity index (χ4v) is 1.57. The Kier molecular flexibility index (Phi) is 2.89. The summed E-state index contributed by atoms with van der Waals surface area (Å²) in [5.41, 5.74) is 0.554. The number of amides is 1. The van der Waals surface area contributed by atoms with Crippen LogP contribution in [0.3, 0.4) is 0 Å². The molecular weight excluding hydrogens is 210 g/mol. The van der Waals surface area contributed by atoms with Crippen LogP contribution in [0.5, 0.6) is 0 Å². The molecule has 1 aromatic heterocycles. The summed E-state index contributed by atoms with van der Waals surface area (Å²) in [6.07, 6.45) is 5.96. The summed E-state index contributed by atoms with van der Waals surface area (Å²) in [7, 11) is 0. The molecular formula is C10H13N3O3. The van der Waals surface area contributed by atoms with E-state index >= 15 is 0 Å². The number of anilines is 1. The number of hydrogen-bond donors (Lipinski definition) is 2. The van der Waals surface area contributed by atoms with Crippen molar-refractivity contribution in [2.75, 3.05) is 5.32 Å². The van der Waals surface area contributed by atoms with E-state index in [1.165, 1.54) is 17.1 Å². The Balaban J connectivity index is 1.91. The number of carbonyl (C=O) groups is 2. The minimum absolute atomic E-state index is 0.00104. The molecule has 16 heavy (non-hydrogen) atoms. The van der Waals surface area contributed by atoms with Crippen LogP contribution in [-0.2, 0) is 16.1 Å². The lowest BCUT2D eigenvalue weighted by Crippen LogP contribution is -2.27. The summed E-state index contributed by atoms with van der Waals surface area (Å²) >= 11 is 0. The van der Waals surface area contributed by atoms with Crippen molar-refractivity contribution >= 4 is 17.6 Å². The normalized spacial score (nSPS) is 15.5. The van der Waals surface area contributed by atoms with E-state index in [1.54, 1.807) is 0 Å². The average molecular weight is 223 g/mol. The Morgan fingerprint density at radius 3 is 2.88 bits per heavy atom. The van der Waals surface area contributed by atoms with E-state index in [0.29, 0.717) is 5.69 Å². The number of carbonyl (C=O) groups excluding carboxylic acids is 1. The van der Waals surface area contributed by atoms with Gasteiger partial charge in [-0.1, -0.05) is 6.42 Å². The minimum Gasteiger partial charge on any atom is -0.480 e. The number of carboxylic acid groups (broad SMARTS) is 1. The maximum Gasteiger partial charge on any atom is 0.325 e. The fourth-order valence-electron chi connectivity index (χ4n) is 1.57. The van der Waals surface area contributed by atoms with Crippen LogP contribution < -0.4 is 5.32 Å². The Morgan fingerprint density at radius 1 is 1.56 bits per heavy atom. The van der Waals surface area contributed by atoms with Crippen LogP contribution in [0.1, 0.15) is 19.3 Å². The van der Waals surface area contributed by atoms with E-state index in [1.807, 2.05) is 0 Å². The van der Waals surface area contributed by atoms with E-state index in [-0.39, 0.29) is 18.4 Å². The van der Waals surface area contributed by atoms with Gasteiger partial charge >= 0.3 is 5.97 Å². The Morgan fingerprint density at radius 2 is 2.31 bits per heavy atom. The first-order valence-electron chi connectivity index (χ1n) is 5.20. The Bertz CT molecular complexity index is 409. The quantitative estimate of drug-likeness (QED) is 0.787. The van der Waals surface area contributed by atoms with Crippen LogP contribution >= 0.6 is 0 Å². The van der Waals surface area contributed by atoms with Crippen LogP contribution in [0.25, 0.3) is 0 Å². The molecule has 0 aliphatic heterocycles. The lowest BCUT2D eigenvalue weighted by molar-refractivity contribution is -0.137. The number of hydrogen-bond acceptors (Lipinski definition) is 3. The van der Waals surface area contributed by atoms with Crippen LogP contribution in [0, 0.1) is 5.92 Å². The van der Waals surface area contributed by atoms with Gasteiger partial charge in [0.15, 0.2) is 0 Å². The van der Waals surface area contributed by atoms with Crippen LogP contribution in [0.2, 0.25) is 0 Å². The van der Waals surface area contributed by atoms with E-state index < -0.39 is 5.97 Å². The van der Waals surface area contributed by atoms with Crippen molar-refractivity contribution < 1.29 is 14.7 Å². The van der Waals surface area contributed by atoms with Crippen LogP contribution in [-0.4, -0.2) is 26.8 Å². The minimum atomic E-state index is -0.958. The number of rotatable bonds is 4. The highest BCUT2D eigenvalue weighted by Gasteiger charge is 2.25. The van der Waals surface area contributed by atoms with Crippen molar-refractivity contribution in [3.8, 4) is 0 Å². The largest absolute Gasteiger partial charge is 0.480 e. The van der Waals surface area contributed by atoms with Gasteiger partial charge in [0.05, 0.1) is 11.9 Å². The number of aliphatic carboxylic acids is 1. The first-order chi connectivity index (χ1) is 7.65. The highest BCUT2D eigenvalue weighted by Crippen LogP contribution is 2.27. The third-order valence-electron chi connectivity index (χ3n) is 2.67. The standard InChI is InChI=1S/C10H13N3O3/c14-9(15)6-13-5-8(4-11-13)12-10(16)7-2-1-3-7/h4-5,7H,1-3,6H2,(H,12,16)(H,14,15). The van der Waals surface area contributed by atoms with Gasteiger partial charge in [-0.2, -0.15) is 5.10 Å². The second-order valence-electron chi connectivity index (χ2n) is 3.94. The first kappa shape index (κ1) is 10.7. The number of carboxylic acids is 1. The fraction of sp³-hybridized carbons (Fsp3) is 0.500. The molecule has 6 nitrogen and oxygen atoms in total. The van der Waals surface area contributed by atoms with Crippen molar-refractivity contribution in [2.45, 2.75) is 25.8 Å². The summed E-state index contributed by atoms with van der Waals surface area (Å²) in [6.45, 7) is -0.195. The third-order valence-corrected chi connectivity index (χ3v) is 2.67. The maximum absolute atomic E-state index is 11.6. The summed E-state index contributed by atoms with van der Waals surface area (Å²) < 4.78 is 1.28. The zero-order valence-corrected chi connectivity index (χ0v) is 8.72. The first-order valence-corrected chi connectivity index (χ1v) is 5.20. The zero-order valence-electron chi connectivity index (χ0n) is 8.72. The molecule has 1 aliphatic carbocycles. The van der Waals surface area contributed by atoms with Gasteiger partial charge in [0, 0.05) is 12.1 Å². The summed E-state index contributed by atoms with van der Waals surface area (Å²) in [6, 6.07) is 0. The molecule has 2 N–H and O–H groups in total. The molecule has 1 aliphatic rings. The molecule has 0 bridgehead atoms. The molecule has 2 rings (SSSR count). The van der Waals surface area contributed by atoms with Crippen molar-refractivity contribution in [3.05, 3.63) is 12.4 Å². The molecule has 0 radical (unpaired) electrons. The van der Waals surface area contributed by atoms with Crippen LogP contribution in [0.4, 0.5) is 5.69 Å². The van der Waals surface area contributed by atoms with Gasteiger partial charge < -0.3 is 10.4 Å². The molecule has 0 unspecified atom stereocenters. The molecule has 6 heteroatoms. The van der Waals surface area contributed by atoms with Crippen molar-refractivity contribution in [3.63, 3.8) is 0 Å². The third kappa shape index (κ3) is 2.39. The molecule has 0 spiro atoms. The SMILES string of the molecule is O=C(O)Cn1cc(NC(=O)C2CCC2)cn1. The van der Waals surface area contributed by atoms with Gasteiger partial charge in [-0.05, 0) is 12.8 Å². The number of aromatic nitrogens is 2. The summed E-state index contributed by atoms with van der Waals surface area (Å²) in [5, 5.41) is 15.1. The van der Waals surface area contributed by atoms with E-state index in [0.717, 1.165) is 19.3 Å². The maximum atomic E-state index is 11.6. The smallest absolute Gasteiger partial charge is 0.325 e. The highest BCUT2D eigenvalue weighted by molar-refractivity contribution is 5.92. The van der Waals surface area contributed by atoms with Crippen molar-refractivity contribution in [1.82, 2.24) is 9.78 Å². The van der Waals surface area contributed by atoms with Gasteiger partial charge in [0.1, 0.15) is 6.54 Å². The van der Waals surface area contributed by atoms with Gasteiger partial charge in [-0.25, -0.2) is 0 Å². The molecule has 0 saturated heterocycles. The summed E-state index contributed by atoms with van der Waals surface area (Å²) in [5.74, 6) is -0.844. The van der Waals surface area contributed by atoms with Crippen LogP contribution in [0.15, 0.2) is 12.4 Å². The number of nitrogens with one attached hydrogen (secondary N) is 1. The van der Waals surface area contributed by atoms with E-state index in [9.17, 15) is 9.59 Å². The van der Waals surface area contributed by atoms with Gasteiger partial charge in [-0.15, -0.1) is 0 Å². The monoisotopic (exact) mass is 223 g/mol. The molecule has 0 atom stereocenters. The van der Waals surface area contributed by atoms with E-state index in [2.05, 4.69) is 10.4 Å². The predicted molar refractivity (Wildman–Crippen MR) is 55.8 cm³/mol. The highest BCUT2D eigenvalue weighted by atomic mass is 16.4. The van der Waals surface area contributed by atoms with Gasteiger partial charge in [-0.3, -0.25) is 14.3 Å². The average Bonchev–Trinajstić information content (AvgIpc) is 2.47. The zero-order chi connectivity index (χ0) is 11.5. The Labute approximate surface area is 92.3 Å². The van der Waals surface area contributed by atoms with E-state index in [4.69, 9.17) is 5.11 Å². The second-order valence-corrected chi connectivity index (χ2v) is 3.94. The predicted octanol–water partition coefficient (Wildman–Crippen LogP) is 0.706.